The van der Waals surface area contributed by atoms with Gasteiger partial charge in [-0.05, 0) is 18.9 Å². The molecule has 0 atom stereocenters. The van der Waals surface area contributed by atoms with E-state index in [0.717, 1.165) is 51.4 Å². The summed E-state index contributed by atoms with van der Waals surface area (Å²) in [7, 11) is -3.00. The molecule has 8 nitrogen and oxygen atoms in total. The second kappa shape index (κ2) is 7.15. The van der Waals surface area contributed by atoms with Gasteiger partial charge in [-0.25, -0.2) is 18.4 Å². The van der Waals surface area contributed by atoms with Gasteiger partial charge in [0, 0.05) is 56.8 Å². The van der Waals surface area contributed by atoms with Crippen LogP contribution >= 0.6 is 0 Å². The van der Waals surface area contributed by atoms with E-state index in [2.05, 4.69) is 19.9 Å². The van der Waals surface area contributed by atoms with E-state index in [0.29, 0.717) is 12.5 Å². The molecule has 2 aliphatic rings. The normalized spacial score (nSPS) is 21.1. The van der Waals surface area contributed by atoms with Gasteiger partial charge in [-0.2, -0.15) is 0 Å². The van der Waals surface area contributed by atoms with Gasteiger partial charge in [-0.1, -0.05) is 6.42 Å². The van der Waals surface area contributed by atoms with E-state index in [1.54, 1.807) is 18.5 Å². The summed E-state index contributed by atoms with van der Waals surface area (Å²) in [4.78, 5) is 17.2. The minimum atomic E-state index is -3.00. The minimum absolute atomic E-state index is 0.204. The van der Waals surface area contributed by atoms with Crippen LogP contribution in [0.5, 0.6) is 0 Å². The Morgan fingerprint density at radius 2 is 1.88 bits per heavy atom. The molecular weight excluding hydrogens is 340 g/mol. The Morgan fingerprint density at radius 3 is 2.40 bits per heavy atom. The first-order valence-electron chi connectivity index (χ1n) is 8.62. The van der Waals surface area contributed by atoms with Gasteiger partial charge in [0.05, 0.1) is 5.75 Å². The van der Waals surface area contributed by atoms with E-state index >= 15 is 0 Å². The molecule has 2 fully saturated rings. The smallest absolute Gasteiger partial charge is 0.225 e. The maximum atomic E-state index is 11.6. The molecule has 9 heteroatoms. The molecule has 0 radical (unpaired) electrons. The standard InChI is InChI=1S/C16H26N6O2S/c1-25(23,24)13-16(4-2-5-16)12-20-14(17)21-8-10-22(11-9-21)15-18-6-3-7-19-15/h3,6-7H,2,4-5,8-13H2,1H3,(H2,17,20). The summed E-state index contributed by atoms with van der Waals surface area (Å²) < 4.78 is 23.3. The van der Waals surface area contributed by atoms with E-state index in [-0.39, 0.29) is 11.2 Å². The number of nitrogens with zero attached hydrogens (tertiary/aromatic N) is 5. The molecular formula is C16H26N6O2S. The zero-order valence-electron chi connectivity index (χ0n) is 14.6. The molecule has 1 saturated carbocycles. The van der Waals surface area contributed by atoms with Crippen molar-refractivity contribution >= 4 is 21.7 Å². The lowest BCUT2D eigenvalue weighted by atomic mass is 9.70. The van der Waals surface area contributed by atoms with Crippen LogP contribution in [0.4, 0.5) is 5.95 Å². The fraction of sp³-hybridized carbons (Fsp3) is 0.688. The Balaban J connectivity index is 1.55. The number of sulfone groups is 1. The summed E-state index contributed by atoms with van der Waals surface area (Å²) in [6, 6.07) is 1.80. The number of aromatic nitrogens is 2. The molecule has 2 heterocycles. The number of guanidine groups is 1. The maximum Gasteiger partial charge on any atom is 0.225 e. The van der Waals surface area contributed by atoms with Crippen LogP contribution in [-0.4, -0.2) is 74.0 Å². The first kappa shape index (κ1) is 17.9. The Bertz CT molecular complexity index is 709. The van der Waals surface area contributed by atoms with Crippen LogP contribution in [0.1, 0.15) is 19.3 Å². The number of hydrogen-bond donors (Lipinski definition) is 1. The largest absolute Gasteiger partial charge is 0.370 e. The van der Waals surface area contributed by atoms with Crippen molar-refractivity contribution in [2.45, 2.75) is 19.3 Å². The summed E-state index contributed by atoms with van der Waals surface area (Å²) in [6.07, 6.45) is 7.67. The van der Waals surface area contributed by atoms with E-state index in [1.807, 2.05) is 4.90 Å². The lowest BCUT2D eigenvalue weighted by molar-refractivity contribution is 0.176. The average molecular weight is 366 g/mol. The molecule has 1 aliphatic heterocycles. The zero-order chi connectivity index (χ0) is 17.9. The highest BCUT2D eigenvalue weighted by atomic mass is 32.2. The fourth-order valence-corrected chi connectivity index (χ4v) is 5.01. The van der Waals surface area contributed by atoms with Crippen molar-refractivity contribution in [1.29, 1.82) is 0 Å². The van der Waals surface area contributed by atoms with Crippen molar-refractivity contribution in [3.8, 4) is 0 Å². The third-order valence-electron chi connectivity index (χ3n) is 5.00. The minimum Gasteiger partial charge on any atom is -0.370 e. The Hall–Kier alpha value is -1.90. The number of rotatable bonds is 5. The highest BCUT2D eigenvalue weighted by Gasteiger charge is 2.39. The Labute approximate surface area is 149 Å². The van der Waals surface area contributed by atoms with Crippen LogP contribution in [0.2, 0.25) is 0 Å². The van der Waals surface area contributed by atoms with Gasteiger partial charge in [0.25, 0.3) is 0 Å². The molecule has 1 saturated heterocycles. The third-order valence-corrected chi connectivity index (χ3v) is 6.13. The Morgan fingerprint density at radius 1 is 1.24 bits per heavy atom. The highest BCUT2D eigenvalue weighted by Crippen LogP contribution is 2.42. The van der Waals surface area contributed by atoms with Crippen LogP contribution in [0.25, 0.3) is 0 Å². The van der Waals surface area contributed by atoms with Crippen LogP contribution in [-0.2, 0) is 9.84 Å². The molecule has 0 bridgehead atoms. The third kappa shape index (κ3) is 4.59. The van der Waals surface area contributed by atoms with Gasteiger partial charge < -0.3 is 15.5 Å². The fourth-order valence-electron chi connectivity index (χ4n) is 3.52. The van der Waals surface area contributed by atoms with E-state index in [9.17, 15) is 8.42 Å². The van der Waals surface area contributed by atoms with E-state index in [4.69, 9.17) is 5.73 Å². The van der Waals surface area contributed by atoms with Gasteiger partial charge in [-0.15, -0.1) is 0 Å². The molecule has 1 aliphatic carbocycles. The van der Waals surface area contributed by atoms with Crippen molar-refractivity contribution in [1.82, 2.24) is 14.9 Å². The van der Waals surface area contributed by atoms with Crippen molar-refractivity contribution in [2.75, 3.05) is 49.6 Å². The predicted molar refractivity (Wildman–Crippen MR) is 98.3 cm³/mol. The quantitative estimate of drug-likeness (QED) is 0.583. The summed E-state index contributed by atoms with van der Waals surface area (Å²) >= 11 is 0. The molecule has 2 N–H and O–H groups in total. The predicted octanol–water partition coefficient (Wildman–Crippen LogP) is 0.128. The number of anilines is 1. The summed E-state index contributed by atoms with van der Waals surface area (Å²) in [5.41, 5.74) is 5.95. The maximum absolute atomic E-state index is 11.6. The second-order valence-corrected chi connectivity index (χ2v) is 9.26. The Kier molecular flexibility index (Phi) is 5.12. The van der Waals surface area contributed by atoms with Crippen molar-refractivity contribution in [3.63, 3.8) is 0 Å². The number of hydrogen-bond acceptors (Lipinski definition) is 6. The van der Waals surface area contributed by atoms with Gasteiger partial charge in [0.2, 0.25) is 5.95 Å². The van der Waals surface area contributed by atoms with Crippen molar-refractivity contribution in [3.05, 3.63) is 18.5 Å². The molecule has 138 valence electrons. The van der Waals surface area contributed by atoms with Crippen LogP contribution < -0.4 is 10.6 Å². The monoisotopic (exact) mass is 366 g/mol. The van der Waals surface area contributed by atoms with Crippen LogP contribution in [0, 0.1) is 5.41 Å². The summed E-state index contributed by atoms with van der Waals surface area (Å²) in [5, 5.41) is 0. The van der Waals surface area contributed by atoms with Crippen LogP contribution in [0.15, 0.2) is 23.5 Å². The lowest BCUT2D eigenvalue weighted by Gasteiger charge is -2.40. The van der Waals surface area contributed by atoms with Crippen molar-refractivity contribution in [2.24, 2.45) is 16.1 Å². The molecule has 0 unspecified atom stereocenters. The second-order valence-electron chi connectivity index (χ2n) is 7.12. The summed E-state index contributed by atoms with van der Waals surface area (Å²) in [6.45, 7) is 3.58. The molecule has 0 aromatic carbocycles. The van der Waals surface area contributed by atoms with E-state index in [1.165, 1.54) is 6.26 Å². The molecule has 1 aromatic rings. The van der Waals surface area contributed by atoms with Gasteiger partial charge >= 0.3 is 0 Å². The number of aliphatic imine (C=N–C) groups is 1. The number of nitrogens with two attached hydrogens (primary N) is 1. The zero-order valence-corrected chi connectivity index (χ0v) is 15.5. The van der Waals surface area contributed by atoms with Gasteiger partial charge in [0.15, 0.2) is 5.96 Å². The molecule has 3 rings (SSSR count). The number of piperazine rings is 1. The van der Waals surface area contributed by atoms with E-state index < -0.39 is 9.84 Å². The average Bonchev–Trinajstić information content (AvgIpc) is 2.57. The SMILES string of the molecule is CS(=O)(=O)CC1(CN=C(N)N2CCN(c3ncccn3)CC2)CCC1. The van der Waals surface area contributed by atoms with Crippen molar-refractivity contribution < 1.29 is 8.42 Å². The summed E-state index contributed by atoms with van der Waals surface area (Å²) in [5.74, 6) is 1.45. The molecule has 1 aromatic heterocycles. The molecule has 0 amide bonds. The lowest BCUT2D eigenvalue weighted by Crippen LogP contribution is -2.52. The first-order chi connectivity index (χ1) is 11.9. The van der Waals surface area contributed by atoms with Crippen LogP contribution in [0.3, 0.4) is 0 Å². The van der Waals surface area contributed by atoms with Gasteiger partial charge in [-0.3, -0.25) is 4.99 Å². The molecule has 25 heavy (non-hydrogen) atoms. The topological polar surface area (TPSA) is 105 Å². The molecule has 0 spiro atoms. The van der Waals surface area contributed by atoms with Gasteiger partial charge in [0.1, 0.15) is 9.84 Å². The highest BCUT2D eigenvalue weighted by molar-refractivity contribution is 7.90. The first-order valence-corrected chi connectivity index (χ1v) is 10.7.